The Hall–Kier alpha value is -2.13. The molecule has 0 atom stereocenters. The average Bonchev–Trinajstić information content (AvgIpc) is 3.21. The van der Waals surface area contributed by atoms with Gasteiger partial charge in [0.2, 0.25) is 0 Å². The quantitative estimate of drug-likeness (QED) is 0.474. The first-order valence-corrected chi connectivity index (χ1v) is 10.9. The SMILES string of the molecule is O=S(=O)(Nc1ccc(-c2nc3ccccc3s2)c(O)c1)c1ccc(Cl)s1. The van der Waals surface area contributed by atoms with E-state index in [2.05, 4.69) is 9.71 Å². The van der Waals surface area contributed by atoms with E-state index in [-0.39, 0.29) is 15.6 Å². The van der Waals surface area contributed by atoms with Gasteiger partial charge in [-0.25, -0.2) is 13.4 Å². The van der Waals surface area contributed by atoms with Crippen LogP contribution in [0.5, 0.6) is 5.75 Å². The van der Waals surface area contributed by atoms with Crippen molar-refractivity contribution in [3.63, 3.8) is 0 Å². The van der Waals surface area contributed by atoms with E-state index in [4.69, 9.17) is 11.6 Å². The van der Waals surface area contributed by atoms with Crippen molar-refractivity contribution in [3.8, 4) is 16.3 Å². The van der Waals surface area contributed by atoms with Crippen molar-refractivity contribution in [2.75, 3.05) is 4.72 Å². The van der Waals surface area contributed by atoms with E-state index >= 15 is 0 Å². The van der Waals surface area contributed by atoms with Crippen molar-refractivity contribution >= 4 is 60.2 Å². The lowest BCUT2D eigenvalue weighted by Crippen LogP contribution is -2.11. The van der Waals surface area contributed by atoms with E-state index in [1.807, 2.05) is 24.3 Å². The number of phenolic OH excluding ortho intramolecular Hbond substituents is 1. The molecule has 9 heteroatoms. The first-order chi connectivity index (χ1) is 12.4. The van der Waals surface area contributed by atoms with Gasteiger partial charge < -0.3 is 5.11 Å². The number of hydrogen-bond acceptors (Lipinski definition) is 6. The second-order valence-corrected chi connectivity index (χ2v) is 10.0. The lowest BCUT2D eigenvalue weighted by atomic mass is 10.2. The molecule has 0 saturated carbocycles. The smallest absolute Gasteiger partial charge is 0.271 e. The third-order valence-corrected chi connectivity index (χ3v) is 7.76. The number of sulfonamides is 1. The normalized spacial score (nSPS) is 11.7. The maximum atomic E-state index is 12.3. The Balaban J connectivity index is 1.65. The highest BCUT2D eigenvalue weighted by molar-refractivity contribution is 7.94. The van der Waals surface area contributed by atoms with E-state index in [1.165, 1.54) is 29.5 Å². The molecule has 2 N–H and O–H groups in total. The highest BCUT2D eigenvalue weighted by Gasteiger charge is 2.18. The van der Waals surface area contributed by atoms with E-state index in [9.17, 15) is 13.5 Å². The number of thiazole rings is 1. The number of anilines is 1. The predicted octanol–water partition coefficient (Wildman–Crippen LogP) is 5.18. The first-order valence-electron chi connectivity index (χ1n) is 7.39. The van der Waals surface area contributed by atoms with Gasteiger partial charge in [0, 0.05) is 6.07 Å². The Morgan fingerprint density at radius 3 is 2.54 bits per heavy atom. The Morgan fingerprint density at radius 2 is 1.85 bits per heavy atom. The van der Waals surface area contributed by atoms with E-state index < -0.39 is 10.0 Å². The predicted molar refractivity (Wildman–Crippen MR) is 107 cm³/mol. The number of nitrogens with one attached hydrogen (secondary N) is 1. The van der Waals surface area contributed by atoms with Gasteiger partial charge in [-0.1, -0.05) is 23.7 Å². The van der Waals surface area contributed by atoms with Crippen molar-refractivity contribution in [1.29, 1.82) is 0 Å². The van der Waals surface area contributed by atoms with Crippen LogP contribution in [0.25, 0.3) is 20.8 Å². The minimum atomic E-state index is -3.75. The number of nitrogens with zero attached hydrogens (tertiary/aromatic N) is 1. The molecule has 132 valence electrons. The minimum Gasteiger partial charge on any atom is -0.507 e. The van der Waals surface area contributed by atoms with Crippen LogP contribution in [0.4, 0.5) is 5.69 Å². The number of aromatic hydroxyl groups is 1. The number of thiophene rings is 1. The zero-order chi connectivity index (χ0) is 18.3. The monoisotopic (exact) mass is 422 g/mol. The number of benzene rings is 2. The van der Waals surface area contributed by atoms with Crippen molar-refractivity contribution < 1.29 is 13.5 Å². The maximum absolute atomic E-state index is 12.3. The van der Waals surface area contributed by atoms with Crippen molar-refractivity contribution in [2.24, 2.45) is 0 Å². The summed E-state index contributed by atoms with van der Waals surface area (Å²) >= 11 is 8.22. The van der Waals surface area contributed by atoms with Crippen molar-refractivity contribution in [1.82, 2.24) is 4.98 Å². The fourth-order valence-electron chi connectivity index (χ4n) is 2.41. The van der Waals surface area contributed by atoms with Gasteiger partial charge in [0.1, 0.15) is 15.0 Å². The molecule has 0 spiro atoms. The molecule has 0 radical (unpaired) electrons. The fourth-order valence-corrected chi connectivity index (χ4v) is 5.94. The van der Waals surface area contributed by atoms with Gasteiger partial charge in [0.05, 0.1) is 25.8 Å². The largest absolute Gasteiger partial charge is 0.507 e. The van der Waals surface area contributed by atoms with Crippen LogP contribution in [0.1, 0.15) is 0 Å². The summed E-state index contributed by atoms with van der Waals surface area (Å²) in [6, 6.07) is 15.3. The number of fused-ring (bicyclic) bond motifs is 1. The number of phenols is 1. The molecule has 2 heterocycles. The summed E-state index contributed by atoms with van der Waals surface area (Å²) in [4.78, 5) is 4.51. The molecule has 26 heavy (non-hydrogen) atoms. The van der Waals surface area contributed by atoms with Crippen LogP contribution in [0, 0.1) is 0 Å². The lowest BCUT2D eigenvalue weighted by Gasteiger charge is -2.08. The van der Waals surface area contributed by atoms with E-state index in [0.717, 1.165) is 21.6 Å². The first kappa shape index (κ1) is 17.3. The molecule has 0 aliphatic heterocycles. The molecule has 0 amide bonds. The van der Waals surface area contributed by atoms with Crippen LogP contribution in [0.2, 0.25) is 4.34 Å². The second-order valence-electron chi connectivity index (χ2n) is 5.38. The number of halogens is 1. The number of aromatic nitrogens is 1. The van der Waals surface area contributed by atoms with Crippen molar-refractivity contribution in [2.45, 2.75) is 4.21 Å². The van der Waals surface area contributed by atoms with E-state index in [1.54, 1.807) is 12.1 Å². The summed E-state index contributed by atoms with van der Waals surface area (Å²) in [6.45, 7) is 0. The molecule has 0 bridgehead atoms. The van der Waals surface area contributed by atoms with Gasteiger partial charge in [0.15, 0.2) is 0 Å². The zero-order valence-corrected chi connectivity index (χ0v) is 16.2. The molecule has 2 aromatic heterocycles. The van der Waals surface area contributed by atoms with Crippen LogP contribution >= 0.6 is 34.3 Å². The molecule has 4 rings (SSSR count). The van der Waals surface area contributed by atoms with Gasteiger partial charge in [-0.15, -0.1) is 22.7 Å². The fraction of sp³-hybridized carbons (Fsp3) is 0. The molecule has 0 fully saturated rings. The van der Waals surface area contributed by atoms with Gasteiger partial charge in [-0.05, 0) is 36.4 Å². The molecular weight excluding hydrogens is 412 g/mol. The summed E-state index contributed by atoms with van der Waals surface area (Å²) in [5, 5.41) is 11.0. The Labute approximate surface area is 162 Å². The topological polar surface area (TPSA) is 79.3 Å². The number of rotatable bonds is 4. The highest BCUT2D eigenvalue weighted by Crippen LogP contribution is 2.37. The van der Waals surface area contributed by atoms with Gasteiger partial charge in [0.25, 0.3) is 10.0 Å². The molecular formula is C17H11ClN2O3S3. The lowest BCUT2D eigenvalue weighted by molar-refractivity contribution is 0.477. The number of para-hydroxylation sites is 1. The maximum Gasteiger partial charge on any atom is 0.271 e. The van der Waals surface area contributed by atoms with Gasteiger partial charge in [-0.3, -0.25) is 4.72 Å². The van der Waals surface area contributed by atoms with E-state index in [0.29, 0.717) is 14.9 Å². The third-order valence-electron chi connectivity index (χ3n) is 3.59. The Bertz CT molecular complexity index is 1180. The molecule has 5 nitrogen and oxygen atoms in total. The summed E-state index contributed by atoms with van der Waals surface area (Å²) in [5.74, 6) is -0.0477. The van der Waals surface area contributed by atoms with Gasteiger partial charge >= 0.3 is 0 Å². The molecule has 0 unspecified atom stereocenters. The summed E-state index contributed by atoms with van der Waals surface area (Å²) < 4.78 is 28.6. The van der Waals surface area contributed by atoms with Crippen LogP contribution in [-0.4, -0.2) is 18.5 Å². The molecule has 0 aliphatic carbocycles. The molecule has 0 saturated heterocycles. The van der Waals surface area contributed by atoms with Crippen LogP contribution in [0.15, 0.2) is 58.8 Å². The summed E-state index contributed by atoms with van der Waals surface area (Å²) in [6.07, 6.45) is 0. The van der Waals surface area contributed by atoms with Gasteiger partial charge in [-0.2, -0.15) is 0 Å². The average molecular weight is 423 g/mol. The second kappa shape index (κ2) is 6.55. The molecule has 2 aromatic carbocycles. The molecule has 0 aliphatic rings. The third kappa shape index (κ3) is 3.28. The molecule has 4 aromatic rings. The highest BCUT2D eigenvalue weighted by atomic mass is 35.5. The summed E-state index contributed by atoms with van der Waals surface area (Å²) in [5.41, 5.74) is 1.66. The minimum absolute atomic E-state index is 0.0477. The Kier molecular flexibility index (Phi) is 4.36. The zero-order valence-electron chi connectivity index (χ0n) is 13.0. The van der Waals surface area contributed by atoms with Crippen LogP contribution in [0.3, 0.4) is 0 Å². The Morgan fingerprint density at radius 1 is 1.04 bits per heavy atom. The van der Waals surface area contributed by atoms with Crippen molar-refractivity contribution in [3.05, 3.63) is 58.9 Å². The van der Waals surface area contributed by atoms with Crippen LogP contribution in [-0.2, 0) is 10.0 Å². The number of hydrogen-bond donors (Lipinski definition) is 2. The summed E-state index contributed by atoms with van der Waals surface area (Å²) in [7, 11) is -3.75. The standard InChI is InChI=1S/C17H11ClN2O3S3/c18-15-7-8-16(25-15)26(22,23)20-10-5-6-11(13(21)9-10)17-19-12-3-1-2-4-14(12)24-17/h1-9,20-21H. The van der Waals surface area contributed by atoms with Crippen LogP contribution < -0.4 is 4.72 Å².